The predicted octanol–water partition coefficient (Wildman–Crippen LogP) is 8.33. The molecule has 8 heteroatoms. The van der Waals surface area contributed by atoms with Crippen LogP contribution in [0.25, 0.3) is 6.08 Å². The summed E-state index contributed by atoms with van der Waals surface area (Å²) in [5, 5.41) is 13.6. The Morgan fingerprint density at radius 1 is 1.08 bits per heavy atom. The van der Waals surface area contributed by atoms with Gasteiger partial charge < -0.3 is 4.74 Å². The fourth-order valence-electron chi connectivity index (χ4n) is 3.51. The zero-order valence-electron chi connectivity index (χ0n) is 20.2. The summed E-state index contributed by atoms with van der Waals surface area (Å²) in [5.41, 5.74) is 1.73. The molecule has 1 heterocycles. The van der Waals surface area contributed by atoms with Crippen molar-refractivity contribution >= 4 is 51.7 Å². The van der Waals surface area contributed by atoms with Gasteiger partial charge in [-0.15, -0.1) is 11.3 Å². The normalized spacial score (nSPS) is 11.2. The molecule has 1 N–H and O–H groups in total. The standard InChI is InChI=1S/C28H29Cl2N3O2S/c1-2-3-4-5-6-7-14-35-23-11-8-20(9-12-23)15-22(18-31)27(34)33-28-32-19-24(36-28)16-21-10-13-25(29)26(30)17-21/h8-13,15,17,19H,2-7,14,16H2,1H3,(H,32,33,34)/b22-15+. The van der Waals surface area contributed by atoms with Crippen LogP contribution in [0.3, 0.4) is 0 Å². The number of benzene rings is 2. The summed E-state index contributed by atoms with van der Waals surface area (Å²) in [6.07, 6.45) is 11.2. The van der Waals surface area contributed by atoms with Gasteiger partial charge in [0.1, 0.15) is 17.4 Å². The number of nitrogens with one attached hydrogen (secondary N) is 1. The number of nitriles is 1. The Labute approximate surface area is 226 Å². The van der Waals surface area contributed by atoms with Crippen molar-refractivity contribution in [3.8, 4) is 11.8 Å². The minimum Gasteiger partial charge on any atom is -0.494 e. The number of ether oxygens (including phenoxy) is 1. The molecule has 0 aliphatic carbocycles. The lowest BCUT2D eigenvalue weighted by atomic mass is 10.1. The minimum absolute atomic E-state index is 0.00280. The van der Waals surface area contributed by atoms with Gasteiger partial charge in [0.2, 0.25) is 0 Å². The van der Waals surface area contributed by atoms with E-state index in [1.54, 1.807) is 18.3 Å². The number of unbranched alkanes of at least 4 members (excludes halogenated alkanes) is 5. The van der Waals surface area contributed by atoms with Crippen molar-refractivity contribution in [1.29, 1.82) is 5.26 Å². The van der Waals surface area contributed by atoms with E-state index < -0.39 is 5.91 Å². The first-order valence-electron chi connectivity index (χ1n) is 12.0. The Balaban J connectivity index is 1.51. The molecule has 188 valence electrons. The second-order valence-electron chi connectivity index (χ2n) is 8.37. The lowest BCUT2D eigenvalue weighted by Crippen LogP contribution is -2.13. The van der Waals surface area contributed by atoms with Crippen LogP contribution in [0.4, 0.5) is 5.13 Å². The number of nitrogens with zero attached hydrogens (tertiary/aromatic N) is 2. The maximum Gasteiger partial charge on any atom is 0.268 e. The number of rotatable bonds is 13. The van der Waals surface area contributed by atoms with Gasteiger partial charge in [0.05, 0.1) is 16.7 Å². The third-order valence-corrected chi connectivity index (χ3v) is 7.11. The van der Waals surface area contributed by atoms with E-state index in [1.807, 2.05) is 42.5 Å². The maximum atomic E-state index is 12.6. The minimum atomic E-state index is -0.503. The second-order valence-corrected chi connectivity index (χ2v) is 10.3. The largest absolute Gasteiger partial charge is 0.494 e. The van der Waals surface area contributed by atoms with Gasteiger partial charge in [-0.3, -0.25) is 10.1 Å². The summed E-state index contributed by atoms with van der Waals surface area (Å²) in [4.78, 5) is 17.8. The summed E-state index contributed by atoms with van der Waals surface area (Å²) in [5.74, 6) is 0.275. The summed E-state index contributed by atoms with van der Waals surface area (Å²) in [7, 11) is 0. The Kier molecular flexibility index (Phi) is 11.3. The number of thiazole rings is 1. The Hall–Kier alpha value is -2.85. The molecular weight excluding hydrogens is 513 g/mol. The lowest BCUT2D eigenvalue weighted by Gasteiger charge is -2.06. The number of halogens is 2. The highest BCUT2D eigenvalue weighted by Gasteiger charge is 2.13. The molecule has 0 saturated heterocycles. The topological polar surface area (TPSA) is 75.0 Å². The number of carbonyl (C=O) groups is 1. The van der Waals surface area contributed by atoms with Crippen LogP contribution in [0, 0.1) is 11.3 Å². The molecule has 0 radical (unpaired) electrons. The summed E-state index contributed by atoms with van der Waals surface area (Å²) in [6, 6.07) is 14.8. The molecule has 0 bridgehead atoms. The smallest absolute Gasteiger partial charge is 0.268 e. The third-order valence-electron chi connectivity index (χ3n) is 5.46. The van der Waals surface area contributed by atoms with Crippen molar-refractivity contribution in [2.24, 2.45) is 0 Å². The molecule has 5 nitrogen and oxygen atoms in total. The summed E-state index contributed by atoms with van der Waals surface area (Å²) in [6.45, 7) is 2.90. The van der Waals surface area contributed by atoms with Crippen molar-refractivity contribution in [2.45, 2.75) is 51.9 Å². The zero-order chi connectivity index (χ0) is 25.8. The van der Waals surface area contributed by atoms with Crippen LogP contribution in [0.2, 0.25) is 10.0 Å². The van der Waals surface area contributed by atoms with E-state index in [0.29, 0.717) is 28.2 Å². The lowest BCUT2D eigenvalue weighted by molar-refractivity contribution is -0.112. The Morgan fingerprint density at radius 2 is 1.83 bits per heavy atom. The molecule has 3 rings (SSSR count). The van der Waals surface area contributed by atoms with Gasteiger partial charge in [-0.2, -0.15) is 5.26 Å². The fourth-order valence-corrected chi connectivity index (χ4v) is 4.67. The number of carbonyl (C=O) groups excluding carboxylic acids is 1. The maximum absolute atomic E-state index is 12.6. The zero-order valence-corrected chi connectivity index (χ0v) is 22.6. The van der Waals surface area contributed by atoms with Crippen LogP contribution in [0.1, 0.15) is 61.5 Å². The van der Waals surface area contributed by atoms with Gasteiger partial charge in [-0.1, -0.05) is 80.4 Å². The van der Waals surface area contributed by atoms with Crippen molar-refractivity contribution in [3.63, 3.8) is 0 Å². The molecule has 0 aliphatic heterocycles. The molecule has 0 fully saturated rings. The fraction of sp³-hybridized carbons (Fsp3) is 0.321. The first kappa shape index (κ1) is 27.7. The van der Waals surface area contributed by atoms with E-state index in [1.165, 1.54) is 43.4 Å². The molecular formula is C28H29Cl2N3O2S. The molecule has 0 saturated carbocycles. The first-order chi connectivity index (χ1) is 17.5. The summed E-state index contributed by atoms with van der Waals surface area (Å²) >= 11 is 13.4. The number of anilines is 1. The van der Waals surface area contributed by atoms with Crippen LogP contribution >= 0.6 is 34.5 Å². The van der Waals surface area contributed by atoms with Gasteiger partial charge in [0.25, 0.3) is 5.91 Å². The molecule has 1 amide bonds. The van der Waals surface area contributed by atoms with Crippen molar-refractivity contribution in [3.05, 3.63) is 80.3 Å². The molecule has 0 unspecified atom stereocenters. The average molecular weight is 543 g/mol. The van der Waals surface area contributed by atoms with E-state index in [0.717, 1.165) is 28.2 Å². The average Bonchev–Trinajstić information content (AvgIpc) is 3.31. The highest BCUT2D eigenvalue weighted by Crippen LogP contribution is 2.26. The predicted molar refractivity (Wildman–Crippen MR) is 149 cm³/mol. The first-order valence-corrected chi connectivity index (χ1v) is 13.6. The van der Waals surface area contributed by atoms with Crippen molar-refractivity contribution in [2.75, 3.05) is 11.9 Å². The molecule has 0 spiro atoms. The molecule has 0 aliphatic rings. The highest BCUT2D eigenvalue weighted by atomic mass is 35.5. The van der Waals surface area contributed by atoms with Crippen molar-refractivity contribution < 1.29 is 9.53 Å². The van der Waals surface area contributed by atoms with Crippen LogP contribution in [0.15, 0.2) is 54.2 Å². The Morgan fingerprint density at radius 3 is 2.56 bits per heavy atom. The Bertz CT molecular complexity index is 1220. The molecule has 1 aromatic heterocycles. The van der Waals surface area contributed by atoms with E-state index in [2.05, 4.69) is 17.2 Å². The summed E-state index contributed by atoms with van der Waals surface area (Å²) < 4.78 is 5.80. The molecule has 2 aromatic carbocycles. The van der Waals surface area contributed by atoms with Crippen LogP contribution in [0.5, 0.6) is 5.75 Å². The number of amides is 1. The van der Waals surface area contributed by atoms with Gasteiger partial charge in [0, 0.05) is 17.5 Å². The molecule has 36 heavy (non-hydrogen) atoms. The van der Waals surface area contributed by atoms with E-state index in [-0.39, 0.29) is 5.57 Å². The second kappa shape index (κ2) is 14.6. The molecule has 3 aromatic rings. The quantitative estimate of drug-likeness (QED) is 0.134. The van der Waals surface area contributed by atoms with Gasteiger partial charge in [0.15, 0.2) is 5.13 Å². The SMILES string of the molecule is CCCCCCCCOc1ccc(/C=C(\C#N)C(=O)Nc2ncc(Cc3ccc(Cl)c(Cl)c3)s2)cc1. The number of aromatic nitrogens is 1. The highest BCUT2D eigenvalue weighted by molar-refractivity contribution is 7.15. The van der Waals surface area contributed by atoms with Crippen LogP contribution in [-0.4, -0.2) is 17.5 Å². The van der Waals surface area contributed by atoms with Gasteiger partial charge >= 0.3 is 0 Å². The van der Waals surface area contributed by atoms with Crippen LogP contribution in [-0.2, 0) is 11.2 Å². The number of hydrogen-bond acceptors (Lipinski definition) is 5. The van der Waals surface area contributed by atoms with Gasteiger partial charge in [-0.05, 0) is 47.9 Å². The van der Waals surface area contributed by atoms with Crippen LogP contribution < -0.4 is 10.1 Å². The van der Waals surface area contributed by atoms with E-state index >= 15 is 0 Å². The number of hydrogen-bond donors (Lipinski definition) is 1. The van der Waals surface area contributed by atoms with Crippen molar-refractivity contribution in [1.82, 2.24) is 4.98 Å². The monoisotopic (exact) mass is 541 g/mol. The third kappa shape index (κ3) is 8.98. The molecule has 0 atom stereocenters. The van der Waals surface area contributed by atoms with E-state index in [9.17, 15) is 10.1 Å². The van der Waals surface area contributed by atoms with E-state index in [4.69, 9.17) is 27.9 Å². The van der Waals surface area contributed by atoms with Gasteiger partial charge in [-0.25, -0.2) is 4.98 Å².